The average molecular weight is 228 g/mol. The van der Waals surface area contributed by atoms with Crippen molar-refractivity contribution in [1.29, 1.82) is 0 Å². The van der Waals surface area contributed by atoms with Crippen molar-refractivity contribution in [2.24, 2.45) is 0 Å². The number of carbonyl (C=O) groups is 1. The third-order valence-electron chi connectivity index (χ3n) is 0.264. The van der Waals surface area contributed by atoms with Gasteiger partial charge in [0.25, 0.3) is 5.97 Å². The van der Waals surface area contributed by atoms with Gasteiger partial charge in [0.15, 0.2) is 0 Å². The average Bonchev–Trinajstić information content (AvgIpc) is 2.06. The lowest BCUT2D eigenvalue weighted by Crippen LogP contribution is -2.03. The summed E-state index contributed by atoms with van der Waals surface area (Å²) in [4.78, 5) is 9.00. The fourth-order valence-electron chi connectivity index (χ4n) is 0. The Bertz CT molecular complexity index is 88.6. The van der Waals surface area contributed by atoms with Gasteiger partial charge in [-0.25, -0.2) is 0 Å². The van der Waals surface area contributed by atoms with Gasteiger partial charge in [-0.15, -0.1) is 0 Å². The van der Waals surface area contributed by atoms with E-state index in [0.717, 1.165) is 6.92 Å². The Morgan fingerprint density at radius 2 is 1.27 bits per heavy atom. The first-order chi connectivity index (χ1) is 6.83. The number of methoxy groups -OCH3 is 2. The second-order valence-electron chi connectivity index (χ2n) is 2.37. The number of carboxylic acids is 1. The number of rotatable bonds is 1. The fraction of sp³-hybridized carbons (Fsp3) is 0.889. The summed E-state index contributed by atoms with van der Waals surface area (Å²) >= 11 is 0. The molecule has 15 heavy (non-hydrogen) atoms. The smallest absolute Gasteiger partial charge is 0.300 e. The van der Waals surface area contributed by atoms with Crippen LogP contribution in [0.1, 0.15) is 13.8 Å². The summed E-state index contributed by atoms with van der Waals surface area (Å²) in [7, 11) is 6.50. The molecule has 0 aliphatic heterocycles. The Hall–Kier alpha value is -0.690. The van der Waals surface area contributed by atoms with Gasteiger partial charge in [-0.2, -0.15) is 0 Å². The zero-order chi connectivity index (χ0) is 13.3. The molecular formula is C9H24O6. The SMILES string of the molecule is CC(=O)O.CC(O)CO.COC.COC. The maximum absolute atomic E-state index is 9.00. The van der Waals surface area contributed by atoms with E-state index >= 15 is 0 Å². The van der Waals surface area contributed by atoms with E-state index in [2.05, 4.69) is 9.47 Å². The Morgan fingerprint density at radius 3 is 1.27 bits per heavy atom. The molecule has 0 heterocycles. The zero-order valence-electron chi connectivity index (χ0n) is 10.4. The van der Waals surface area contributed by atoms with Crippen LogP contribution in [0.5, 0.6) is 0 Å². The summed E-state index contributed by atoms with van der Waals surface area (Å²) in [6.45, 7) is 2.47. The lowest BCUT2D eigenvalue weighted by molar-refractivity contribution is -0.134. The Morgan fingerprint density at radius 1 is 1.20 bits per heavy atom. The molecule has 1 unspecified atom stereocenters. The minimum Gasteiger partial charge on any atom is -0.481 e. The van der Waals surface area contributed by atoms with Crippen LogP contribution in [0.2, 0.25) is 0 Å². The third kappa shape index (κ3) is 992. The Labute approximate surface area is 91.4 Å². The van der Waals surface area contributed by atoms with E-state index in [0.29, 0.717) is 0 Å². The maximum Gasteiger partial charge on any atom is 0.300 e. The predicted molar refractivity (Wildman–Crippen MR) is 57.9 cm³/mol. The zero-order valence-corrected chi connectivity index (χ0v) is 10.4. The molecule has 6 nitrogen and oxygen atoms in total. The van der Waals surface area contributed by atoms with Crippen molar-refractivity contribution < 1.29 is 29.6 Å². The van der Waals surface area contributed by atoms with Gasteiger partial charge in [0.05, 0.1) is 12.7 Å². The summed E-state index contributed by atoms with van der Waals surface area (Å²) in [5.41, 5.74) is 0. The van der Waals surface area contributed by atoms with Crippen LogP contribution in [0.3, 0.4) is 0 Å². The molecule has 0 saturated heterocycles. The monoisotopic (exact) mass is 228 g/mol. The molecule has 0 bridgehead atoms. The normalized spacial score (nSPS) is 9.07. The molecule has 6 heteroatoms. The van der Waals surface area contributed by atoms with Crippen LogP contribution in [0.25, 0.3) is 0 Å². The van der Waals surface area contributed by atoms with Gasteiger partial charge in [0, 0.05) is 35.4 Å². The van der Waals surface area contributed by atoms with Gasteiger partial charge < -0.3 is 24.8 Å². The third-order valence-corrected chi connectivity index (χ3v) is 0.264. The number of carboxylic acid groups (broad SMARTS) is 1. The molecule has 0 rings (SSSR count). The number of hydrogen-bond donors (Lipinski definition) is 3. The molecule has 3 N–H and O–H groups in total. The fourth-order valence-corrected chi connectivity index (χ4v) is 0. The largest absolute Gasteiger partial charge is 0.481 e. The number of hydrogen-bond acceptors (Lipinski definition) is 5. The summed E-state index contributed by atoms with van der Waals surface area (Å²) in [6, 6.07) is 0. The van der Waals surface area contributed by atoms with E-state index in [9.17, 15) is 0 Å². The molecule has 0 spiro atoms. The number of ether oxygens (including phenoxy) is 2. The summed E-state index contributed by atoms with van der Waals surface area (Å²) in [5, 5.41) is 23.4. The van der Waals surface area contributed by atoms with E-state index in [1.54, 1.807) is 28.4 Å². The van der Waals surface area contributed by atoms with Crippen molar-refractivity contribution in [3.8, 4) is 0 Å². The Kier molecular flexibility index (Phi) is 46.4. The van der Waals surface area contributed by atoms with Crippen molar-refractivity contribution in [2.45, 2.75) is 20.0 Å². The minimum atomic E-state index is -0.833. The topological polar surface area (TPSA) is 96.2 Å². The van der Waals surface area contributed by atoms with Crippen molar-refractivity contribution >= 4 is 5.97 Å². The molecule has 0 fully saturated rings. The first-order valence-corrected chi connectivity index (χ1v) is 4.12. The second-order valence-corrected chi connectivity index (χ2v) is 2.37. The van der Waals surface area contributed by atoms with Crippen molar-refractivity contribution in [2.75, 3.05) is 35.0 Å². The Balaban J connectivity index is -0.0000000553. The number of aliphatic carboxylic acids is 1. The highest BCUT2D eigenvalue weighted by atomic mass is 16.5. The van der Waals surface area contributed by atoms with E-state index in [-0.39, 0.29) is 6.61 Å². The van der Waals surface area contributed by atoms with Gasteiger partial charge in [0.2, 0.25) is 0 Å². The number of aliphatic hydroxyl groups excluding tert-OH is 2. The standard InChI is InChI=1S/C3H8O2.C2H4O2.2C2H6O/c1-3(5)2-4;1-2(3)4;2*1-3-2/h3-5H,2H2,1H3;1H3,(H,3,4);2*1-2H3. The highest BCUT2D eigenvalue weighted by molar-refractivity contribution is 5.62. The van der Waals surface area contributed by atoms with E-state index in [1.807, 2.05) is 0 Å². The van der Waals surface area contributed by atoms with E-state index < -0.39 is 12.1 Å². The van der Waals surface area contributed by atoms with Crippen LogP contribution in [0.15, 0.2) is 0 Å². The van der Waals surface area contributed by atoms with Gasteiger partial charge >= 0.3 is 0 Å². The van der Waals surface area contributed by atoms with E-state index in [1.165, 1.54) is 6.92 Å². The lowest BCUT2D eigenvalue weighted by Gasteiger charge is -1.90. The first-order valence-electron chi connectivity index (χ1n) is 4.12. The van der Waals surface area contributed by atoms with Crippen LogP contribution in [-0.4, -0.2) is 62.4 Å². The maximum atomic E-state index is 9.00. The molecule has 0 saturated carbocycles. The van der Waals surface area contributed by atoms with Crippen LogP contribution >= 0.6 is 0 Å². The second kappa shape index (κ2) is 29.2. The highest BCUT2D eigenvalue weighted by Gasteiger charge is 1.83. The van der Waals surface area contributed by atoms with Gasteiger partial charge in [-0.05, 0) is 6.92 Å². The van der Waals surface area contributed by atoms with Crippen LogP contribution in [0.4, 0.5) is 0 Å². The van der Waals surface area contributed by atoms with Gasteiger partial charge in [-0.3, -0.25) is 4.79 Å². The number of aliphatic hydroxyl groups is 2. The summed E-state index contributed by atoms with van der Waals surface area (Å²) in [6.07, 6.45) is -0.560. The molecule has 0 aliphatic carbocycles. The van der Waals surface area contributed by atoms with E-state index in [4.69, 9.17) is 20.1 Å². The molecule has 0 aromatic rings. The molecule has 0 aromatic carbocycles. The molecule has 0 aromatic heterocycles. The first kappa shape index (κ1) is 23.8. The van der Waals surface area contributed by atoms with Crippen molar-refractivity contribution in [1.82, 2.24) is 0 Å². The summed E-state index contributed by atoms with van der Waals surface area (Å²) < 4.78 is 8.50. The van der Waals surface area contributed by atoms with Gasteiger partial charge in [-0.1, -0.05) is 0 Å². The van der Waals surface area contributed by atoms with Gasteiger partial charge in [0.1, 0.15) is 0 Å². The van der Waals surface area contributed by atoms with Crippen LogP contribution < -0.4 is 0 Å². The quantitative estimate of drug-likeness (QED) is 0.583. The molecule has 1 atom stereocenters. The molecule has 0 aliphatic rings. The molecule has 0 radical (unpaired) electrons. The van der Waals surface area contributed by atoms with Crippen LogP contribution in [-0.2, 0) is 14.3 Å². The van der Waals surface area contributed by atoms with Crippen LogP contribution in [0, 0.1) is 0 Å². The molecule has 96 valence electrons. The minimum absolute atomic E-state index is 0.139. The van der Waals surface area contributed by atoms with Crippen molar-refractivity contribution in [3.63, 3.8) is 0 Å². The molecular weight excluding hydrogens is 204 g/mol. The lowest BCUT2D eigenvalue weighted by atomic mass is 10.5. The predicted octanol–water partition coefficient (Wildman–Crippen LogP) is -0.0244. The van der Waals surface area contributed by atoms with Crippen molar-refractivity contribution in [3.05, 3.63) is 0 Å². The molecule has 0 amide bonds. The highest BCUT2D eigenvalue weighted by Crippen LogP contribution is 1.68. The summed E-state index contributed by atoms with van der Waals surface area (Å²) in [5.74, 6) is -0.833.